The van der Waals surface area contributed by atoms with Crippen LogP contribution in [0.25, 0.3) is 11.0 Å². The van der Waals surface area contributed by atoms with Gasteiger partial charge >= 0.3 is 0 Å². The molecule has 112 valence electrons. The molecule has 0 N–H and O–H groups in total. The van der Waals surface area contributed by atoms with Crippen LogP contribution in [-0.4, -0.2) is 23.7 Å². The molecule has 22 heavy (non-hydrogen) atoms. The Morgan fingerprint density at radius 3 is 2.50 bits per heavy atom. The highest BCUT2D eigenvalue weighted by atomic mass is 79.9. The van der Waals surface area contributed by atoms with E-state index in [9.17, 15) is 13.2 Å². The Labute approximate surface area is 135 Å². The third-order valence-electron chi connectivity index (χ3n) is 3.31. The Bertz CT molecular complexity index is 976. The van der Waals surface area contributed by atoms with Crippen LogP contribution in [0, 0.1) is 6.92 Å². The van der Waals surface area contributed by atoms with Gasteiger partial charge in [-0.2, -0.15) is 0 Å². The highest BCUT2D eigenvalue weighted by Gasteiger charge is 2.24. The van der Waals surface area contributed by atoms with Crippen molar-refractivity contribution in [3.63, 3.8) is 0 Å². The molecule has 2 aromatic heterocycles. The summed E-state index contributed by atoms with van der Waals surface area (Å²) in [5, 5.41) is 0.570. The molecule has 0 radical (unpaired) electrons. The van der Waals surface area contributed by atoms with Crippen LogP contribution < -0.4 is 0 Å². The second kappa shape index (κ2) is 5.33. The summed E-state index contributed by atoms with van der Waals surface area (Å²) in [6.45, 7) is 1.87. The average molecular weight is 379 g/mol. The van der Waals surface area contributed by atoms with Gasteiger partial charge in [-0.1, -0.05) is 17.7 Å². The molecule has 5 nitrogen and oxygen atoms in total. The van der Waals surface area contributed by atoms with Gasteiger partial charge in [0.15, 0.2) is 11.9 Å². The maximum atomic E-state index is 12.9. The van der Waals surface area contributed by atoms with E-state index in [0.717, 1.165) is 9.54 Å². The van der Waals surface area contributed by atoms with Gasteiger partial charge in [-0.3, -0.25) is 4.79 Å². The lowest BCUT2D eigenvalue weighted by Gasteiger charge is -2.09. The van der Waals surface area contributed by atoms with E-state index in [4.69, 9.17) is 0 Å². The quantitative estimate of drug-likeness (QED) is 0.656. The number of carbonyl (C=O) groups is 1. The first-order valence-electron chi connectivity index (χ1n) is 6.38. The normalized spacial score (nSPS) is 11.7. The van der Waals surface area contributed by atoms with Crippen molar-refractivity contribution < 1.29 is 13.2 Å². The summed E-state index contributed by atoms with van der Waals surface area (Å²) in [5.74, 6) is 0. The zero-order valence-electron chi connectivity index (χ0n) is 11.5. The van der Waals surface area contributed by atoms with Crippen LogP contribution in [0.2, 0.25) is 0 Å². The molecule has 0 aliphatic carbocycles. The largest absolute Gasteiger partial charge is 0.296 e. The second-order valence-electron chi connectivity index (χ2n) is 4.80. The van der Waals surface area contributed by atoms with Crippen molar-refractivity contribution in [2.24, 2.45) is 0 Å². The molecule has 0 aliphatic heterocycles. The summed E-state index contributed by atoms with van der Waals surface area (Å²) < 4.78 is 27.4. The van der Waals surface area contributed by atoms with Crippen molar-refractivity contribution in [3.05, 3.63) is 58.3 Å². The summed E-state index contributed by atoms with van der Waals surface area (Å²) in [4.78, 5) is 15.5. The Hall–Kier alpha value is -1.99. The van der Waals surface area contributed by atoms with Crippen molar-refractivity contribution >= 4 is 43.3 Å². The number of benzene rings is 1. The standard InChI is InChI=1S/C15H11BrN2O3S/c1-10-2-4-12(5-3-10)22(20,21)18-11(9-19)8-13-14(16)6-7-17-15(13)18/h2-9H,1H3. The van der Waals surface area contributed by atoms with Crippen LogP contribution in [0.3, 0.4) is 0 Å². The molecule has 0 amide bonds. The molecule has 0 aliphatic rings. The van der Waals surface area contributed by atoms with Crippen molar-refractivity contribution in [1.82, 2.24) is 8.96 Å². The van der Waals surface area contributed by atoms with Crippen molar-refractivity contribution in [2.75, 3.05) is 0 Å². The maximum Gasteiger partial charge on any atom is 0.270 e. The predicted molar refractivity (Wildman–Crippen MR) is 86.6 cm³/mol. The molecule has 0 unspecified atom stereocenters. The number of aldehydes is 1. The molecule has 1 aromatic carbocycles. The minimum Gasteiger partial charge on any atom is -0.296 e. The van der Waals surface area contributed by atoms with Gasteiger partial charge in [0.1, 0.15) is 0 Å². The summed E-state index contributed by atoms with van der Waals surface area (Å²) in [7, 11) is -3.90. The van der Waals surface area contributed by atoms with E-state index in [0.29, 0.717) is 16.1 Å². The third-order valence-corrected chi connectivity index (χ3v) is 5.74. The van der Waals surface area contributed by atoms with E-state index in [-0.39, 0.29) is 16.2 Å². The molecule has 0 saturated carbocycles. The molecule has 0 atom stereocenters. The zero-order valence-corrected chi connectivity index (χ0v) is 13.9. The lowest BCUT2D eigenvalue weighted by molar-refractivity contribution is 0.111. The fourth-order valence-electron chi connectivity index (χ4n) is 2.21. The molecule has 0 spiro atoms. The minimum absolute atomic E-state index is 0.0370. The Balaban J connectivity index is 2.35. The molecule has 0 saturated heterocycles. The number of aryl methyl sites for hydroxylation is 1. The van der Waals surface area contributed by atoms with E-state index in [1.165, 1.54) is 24.4 Å². The molecule has 0 fully saturated rings. The van der Waals surface area contributed by atoms with Crippen molar-refractivity contribution in [2.45, 2.75) is 11.8 Å². The number of aromatic nitrogens is 2. The minimum atomic E-state index is -3.90. The lowest BCUT2D eigenvalue weighted by atomic mass is 10.2. The van der Waals surface area contributed by atoms with Gasteiger partial charge in [0.05, 0.1) is 10.6 Å². The molecule has 7 heteroatoms. The Morgan fingerprint density at radius 2 is 1.86 bits per heavy atom. The molecule has 3 aromatic rings. The number of hydrogen-bond donors (Lipinski definition) is 0. The molecular weight excluding hydrogens is 368 g/mol. The fourth-order valence-corrected chi connectivity index (χ4v) is 4.06. The van der Waals surface area contributed by atoms with Crippen LogP contribution in [0.5, 0.6) is 0 Å². The third kappa shape index (κ3) is 2.26. The predicted octanol–water partition coefficient (Wildman–Crippen LogP) is 3.16. The number of pyridine rings is 1. The highest BCUT2D eigenvalue weighted by Crippen LogP contribution is 2.28. The van der Waals surface area contributed by atoms with Crippen LogP contribution in [0.15, 0.2) is 52.0 Å². The first-order valence-corrected chi connectivity index (χ1v) is 8.62. The van der Waals surface area contributed by atoms with Gasteiger partial charge in [0.2, 0.25) is 0 Å². The van der Waals surface area contributed by atoms with Crippen LogP contribution >= 0.6 is 15.9 Å². The van der Waals surface area contributed by atoms with Crippen molar-refractivity contribution in [3.8, 4) is 0 Å². The van der Waals surface area contributed by atoms with E-state index in [1.807, 2.05) is 6.92 Å². The smallest absolute Gasteiger partial charge is 0.270 e. The first kappa shape index (κ1) is 14.9. The highest BCUT2D eigenvalue weighted by molar-refractivity contribution is 9.10. The molecule has 2 heterocycles. The van der Waals surface area contributed by atoms with Gasteiger partial charge in [-0.05, 0) is 47.1 Å². The molecule has 3 rings (SSSR count). The summed E-state index contributed by atoms with van der Waals surface area (Å²) in [6.07, 6.45) is 2.00. The van der Waals surface area contributed by atoms with Crippen LogP contribution in [0.1, 0.15) is 16.1 Å². The topological polar surface area (TPSA) is 69.0 Å². The number of nitrogens with zero attached hydrogens (tertiary/aromatic N) is 2. The summed E-state index contributed by atoms with van der Waals surface area (Å²) in [6, 6.07) is 9.65. The van der Waals surface area contributed by atoms with Gasteiger partial charge in [0, 0.05) is 16.1 Å². The fraction of sp³-hybridized carbons (Fsp3) is 0.0667. The number of rotatable bonds is 3. The number of carbonyl (C=O) groups excluding carboxylic acids is 1. The Kier molecular flexibility index (Phi) is 3.62. The average Bonchev–Trinajstić information content (AvgIpc) is 2.88. The SMILES string of the molecule is Cc1ccc(S(=O)(=O)n2c(C=O)cc3c(Br)ccnc32)cc1. The maximum absolute atomic E-state index is 12.9. The molecular formula is C15H11BrN2O3S. The van der Waals surface area contributed by atoms with Gasteiger partial charge in [0.25, 0.3) is 10.0 Å². The van der Waals surface area contributed by atoms with Crippen molar-refractivity contribution in [1.29, 1.82) is 0 Å². The number of halogens is 1. The van der Waals surface area contributed by atoms with E-state index in [1.54, 1.807) is 18.2 Å². The number of hydrogen-bond acceptors (Lipinski definition) is 4. The second-order valence-corrected chi connectivity index (χ2v) is 7.44. The van der Waals surface area contributed by atoms with Crippen LogP contribution in [-0.2, 0) is 10.0 Å². The summed E-state index contributed by atoms with van der Waals surface area (Å²) >= 11 is 3.34. The van der Waals surface area contributed by atoms with Crippen LogP contribution in [0.4, 0.5) is 0 Å². The van der Waals surface area contributed by atoms with E-state index in [2.05, 4.69) is 20.9 Å². The molecule has 0 bridgehead atoms. The van der Waals surface area contributed by atoms with Gasteiger partial charge in [-0.15, -0.1) is 0 Å². The van der Waals surface area contributed by atoms with E-state index < -0.39 is 10.0 Å². The first-order chi connectivity index (χ1) is 10.4. The summed E-state index contributed by atoms with van der Waals surface area (Å²) in [5.41, 5.74) is 1.21. The number of fused-ring (bicyclic) bond motifs is 1. The Morgan fingerprint density at radius 1 is 1.18 bits per heavy atom. The lowest BCUT2D eigenvalue weighted by Crippen LogP contribution is -2.16. The van der Waals surface area contributed by atoms with E-state index >= 15 is 0 Å². The zero-order chi connectivity index (χ0) is 15.9. The van der Waals surface area contributed by atoms with Gasteiger partial charge in [-0.25, -0.2) is 17.4 Å². The monoisotopic (exact) mass is 378 g/mol. The van der Waals surface area contributed by atoms with Gasteiger partial charge < -0.3 is 0 Å².